The van der Waals surface area contributed by atoms with Crippen molar-refractivity contribution < 1.29 is 14.3 Å². The third-order valence-corrected chi connectivity index (χ3v) is 2.76. The fourth-order valence-corrected chi connectivity index (χ4v) is 1.60. The van der Waals surface area contributed by atoms with Crippen LogP contribution in [0.2, 0.25) is 0 Å². The van der Waals surface area contributed by atoms with Crippen LogP contribution >= 0.6 is 0 Å². The number of carbonyl (C=O) groups is 1. The van der Waals surface area contributed by atoms with E-state index in [-0.39, 0.29) is 0 Å². The van der Waals surface area contributed by atoms with Crippen LogP contribution < -0.4 is 15.2 Å². The molecular weight excluding hydrogens is 254 g/mol. The van der Waals surface area contributed by atoms with Crippen LogP contribution in [0.1, 0.15) is 12.5 Å². The number of carbonyl (C=O) groups excluding carboxylic acids is 1. The SMILES string of the molecule is Cc1ccc(OC(=O)C(C)Oc2ccc(N)cc2)cc1. The Balaban J connectivity index is 1.94. The van der Waals surface area contributed by atoms with Gasteiger partial charge in [-0.05, 0) is 50.2 Å². The van der Waals surface area contributed by atoms with Crippen molar-refractivity contribution in [3.8, 4) is 11.5 Å². The van der Waals surface area contributed by atoms with Crippen LogP contribution in [0.4, 0.5) is 5.69 Å². The molecule has 0 spiro atoms. The number of nitrogen functional groups attached to an aromatic ring is 1. The maximum absolute atomic E-state index is 11.9. The lowest BCUT2D eigenvalue weighted by molar-refractivity contribution is -0.141. The topological polar surface area (TPSA) is 61.5 Å². The monoisotopic (exact) mass is 271 g/mol. The van der Waals surface area contributed by atoms with Gasteiger partial charge >= 0.3 is 5.97 Å². The number of hydrogen-bond donors (Lipinski definition) is 1. The van der Waals surface area contributed by atoms with Crippen LogP contribution in [0, 0.1) is 6.92 Å². The number of nitrogens with two attached hydrogens (primary N) is 1. The molecular formula is C16H17NO3. The van der Waals surface area contributed by atoms with Gasteiger partial charge in [-0.2, -0.15) is 0 Å². The Bertz CT molecular complexity index is 576. The fraction of sp³-hybridized carbons (Fsp3) is 0.188. The van der Waals surface area contributed by atoms with Crippen LogP contribution in [0.25, 0.3) is 0 Å². The first-order valence-electron chi connectivity index (χ1n) is 6.35. The second-order valence-electron chi connectivity index (χ2n) is 4.56. The summed E-state index contributed by atoms with van der Waals surface area (Å²) in [6, 6.07) is 14.1. The molecule has 0 aliphatic heterocycles. The smallest absolute Gasteiger partial charge is 0.352 e. The second kappa shape index (κ2) is 6.10. The first-order valence-corrected chi connectivity index (χ1v) is 6.35. The highest BCUT2D eigenvalue weighted by atomic mass is 16.6. The van der Waals surface area contributed by atoms with Crippen LogP contribution in [-0.2, 0) is 4.79 Å². The lowest BCUT2D eigenvalue weighted by Gasteiger charge is -2.14. The third kappa shape index (κ3) is 3.75. The van der Waals surface area contributed by atoms with E-state index < -0.39 is 12.1 Å². The van der Waals surface area contributed by atoms with E-state index >= 15 is 0 Å². The normalized spacial score (nSPS) is 11.7. The van der Waals surface area contributed by atoms with Gasteiger partial charge in [-0.25, -0.2) is 4.79 Å². The van der Waals surface area contributed by atoms with Crippen molar-refractivity contribution >= 4 is 11.7 Å². The Labute approximate surface area is 118 Å². The van der Waals surface area contributed by atoms with Crippen molar-refractivity contribution in [3.63, 3.8) is 0 Å². The number of benzene rings is 2. The summed E-state index contributed by atoms with van der Waals surface area (Å²) in [7, 11) is 0. The molecule has 2 aromatic carbocycles. The highest BCUT2D eigenvalue weighted by Crippen LogP contribution is 2.16. The molecule has 1 unspecified atom stereocenters. The number of aryl methyl sites for hydroxylation is 1. The zero-order valence-corrected chi connectivity index (χ0v) is 11.5. The van der Waals surface area contributed by atoms with Crippen LogP contribution in [0.5, 0.6) is 11.5 Å². The van der Waals surface area contributed by atoms with Crippen molar-refractivity contribution in [2.75, 3.05) is 5.73 Å². The first-order chi connectivity index (χ1) is 9.54. The molecule has 1 atom stereocenters. The molecule has 0 radical (unpaired) electrons. The Kier molecular flexibility index (Phi) is 4.25. The number of rotatable bonds is 4. The molecule has 20 heavy (non-hydrogen) atoms. The van der Waals surface area contributed by atoms with Crippen molar-refractivity contribution in [2.45, 2.75) is 20.0 Å². The van der Waals surface area contributed by atoms with E-state index in [1.54, 1.807) is 43.3 Å². The minimum Gasteiger partial charge on any atom is -0.479 e. The molecule has 0 bridgehead atoms. The molecule has 2 aromatic rings. The Morgan fingerprint density at radius 2 is 1.55 bits per heavy atom. The second-order valence-corrected chi connectivity index (χ2v) is 4.56. The van der Waals surface area contributed by atoms with Gasteiger partial charge in [0.05, 0.1) is 0 Å². The average molecular weight is 271 g/mol. The van der Waals surface area contributed by atoms with Gasteiger partial charge in [-0.15, -0.1) is 0 Å². The minimum atomic E-state index is -0.695. The highest BCUT2D eigenvalue weighted by molar-refractivity contribution is 5.77. The molecule has 0 saturated carbocycles. The summed E-state index contributed by atoms with van der Waals surface area (Å²) in [5.74, 6) is 0.645. The summed E-state index contributed by atoms with van der Waals surface area (Å²) in [4.78, 5) is 11.9. The molecule has 0 aliphatic carbocycles. The van der Waals surface area contributed by atoms with Gasteiger partial charge in [-0.1, -0.05) is 17.7 Å². The number of anilines is 1. The molecule has 0 saturated heterocycles. The summed E-state index contributed by atoms with van der Waals surface area (Å²) < 4.78 is 10.7. The van der Waals surface area contributed by atoms with Crippen LogP contribution in [0.3, 0.4) is 0 Å². The van der Waals surface area contributed by atoms with Crippen molar-refractivity contribution in [2.24, 2.45) is 0 Å². The van der Waals surface area contributed by atoms with Gasteiger partial charge in [0.2, 0.25) is 0 Å². The van der Waals surface area contributed by atoms with Crippen molar-refractivity contribution in [1.29, 1.82) is 0 Å². The zero-order chi connectivity index (χ0) is 14.5. The minimum absolute atomic E-state index is 0.439. The molecule has 0 fully saturated rings. The molecule has 0 amide bonds. The number of esters is 1. The predicted octanol–water partition coefficient (Wildman–Crippen LogP) is 2.95. The van der Waals surface area contributed by atoms with Crippen LogP contribution in [-0.4, -0.2) is 12.1 Å². The van der Waals surface area contributed by atoms with E-state index in [2.05, 4.69) is 0 Å². The van der Waals surface area contributed by atoms with Gasteiger partial charge in [-0.3, -0.25) is 0 Å². The Morgan fingerprint density at radius 1 is 1.00 bits per heavy atom. The number of hydrogen-bond acceptors (Lipinski definition) is 4. The van der Waals surface area contributed by atoms with Gasteiger partial charge < -0.3 is 15.2 Å². The standard InChI is InChI=1S/C16H17NO3/c1-11-3-7-15(8-4-11)20-16(18)12(2)19-14-9-5-13(17)6-10-14/h3-10,12H,17H2,1-2H3. The largest absolute Gasteiger partial charge is 0.479 e. The summed E-state index contributed by atoms with van der Waals surface area (Å²) in [6.45, 7) is 3.62. The maximum atomic E-state index is 11.9. The van der Waals surface area contributed by atoms with Crippen molar-refractivity contribution in [1.82, 2.24) is 0 Å². The van der Waals surface area contributed by atoms with E-state index in [0.717, 1.165) is 5.56 Å². The Morgan fingerprint density at radius 3 is 2.15 bits per heavy atom. The van der Waals surface area contributed by atoms with Crippen molar-refractivity contribution in [3.05, 3.63) is 54.1 Å². The molecule has 2 rings (SSSR count). The number of ether oxygens (including phenoxy) is 2. The van der Waals surface area contributed by atoms with Crippen LogP contribution in [0.15, 0.2) is 48.5 Å². The van der Waals surface area contributed by atoms with E-state index in [0.29, 0.717) is 17.2 Å². The van der Waals surface area contributed by atoms with Gasteiger partial charge in [0.15, 0.2) is 6.10 Å². The molecule has 2 N–H and O–H groups in total. The first kappa shape index (κ1) is 13.9. The van der Waals surface area contributed by atoms with Gasteiger partial charge in [0, 0.05) is 5.69 Å². The molecule has 4 nitrogen and oxygen atoms in total. The summed E-state index contributed by atoms with van der Waals surface area (Å²) in [5.41, 5.74) is 7.34. The molecule has 0 aromatic heterocycles. The van der Waals surface area contributed by atoms with E-state index in [1.807, 2.05) is 19.1 Å². The maximum Gasteiger partial charge on any atom is 0.352 e. The predicted molar refractivity (Wildman–Crippen MR) is 77.8 cm³/mol. The lowest BCUT2D eigenvalue weighted by atomic mass is 10.2. The fourth-order valence-electron chi connectivity index (χ4n) is 1.60. The quantitative estimate of drug-likeness (QED) is 0.527. The summed E-state index contributed by atoms with van der Waals surface area (Å²) in [6.07, 6.45) is -0.695. The molecule has 0 aliphatic rings. The van der Waals surface area contributed by atoms with E-state index in [1.165, 1.54) is 0 Å². The van der Waals surface area contributed by atoms with E-state index in [4.69, 9.17) is 15.2 Å². The summed E-state index contributed by atoms with van der Waals surface area (Å²) in [5, 5.41) is 0. The third-order valence-electron chi connectivity index (χ3n) is 2.76. The highest BCUT2D eigenvalue weighted by Gasteiger charge is 2.17. The Hall–Kier alpha value is -2.49. The average Bonchev–Trinajstić information content (AvgIpc) is 2.44. The molecule has 0 heterocycles. The van der Waals surface area contributed by atoms with Gasteiger partial charge in [0.25, 0.3) is 0 Å². The molecule has 104 valence electrons. The lowest BCUT2D eigenvalue weighted by Crippen LogP contribution is -2.28. The zero-order valence-electron chi connectivity index (χ0n) is 11.5. The summed E-state index contributed by atoms with van der Waals surface area (Å²) >= 11 is 0. The molecule has 4 heteroatoms. The van der Waals surface area contributed by atoms with E-state index in [9.17, 15) is 4.79 Å². The van der Waals surface area contributed by atoms with Gasteiger partial charge in [0.1, 0.15) is 11.5 Å².